The van der Waals surface area contributed by atoms with Crippen LogP contribution in [0.2, 0.25) is 0 Å². The lowest BCUT2D eigenvalue weighted by molar-refractivity contribution is 0.0690. The quantitative estimate of drug-likeness (QED) is 0.479. The van der Waals surface area contributed by atoms with Crippen molar-refractivity contribution in [2.75, 3.05) is 19.5 Å². The van der Waals surface area contributed by atoms with E-state index < -0.39 is 5.97 Å². The number of carboxylic acids is 1. The van der Waals surface area contributed by atoms with E-state index in [1.165, 1.54) is 11.8 Å². The summed E-state index contributed by atoms with van der Waals surface area (Å²) in [5.74, 6) is 0.270. The van der Waals surface area contributed by atoms with Crippen LogP contribution in [-0.2, 0) is 4.74 Å². The van der Waals surface area contributed by atoms with Crippen LogP contribution in [0.5, 0.6) is 0 Å². The fourth-order valence-corrected chi connectivity index (χ4v) is 2.27. The van der Waals surface area contributed by atoms with Crippen LogP contribution in [0, 0.1) is 13.8 Å². The van der Waals surface area contributed by atoms with Crippen molar-refractivity contribution in [3.05, 3.63) is 17.1 Å². The van der Waals surface area contributed by atoms with Crippen molar-refractivity contribution in [2.24, 2.45) is 0 Å². The van der Waals surface area contributed by atoms with E-state index in [9.17, 15) is 4.79 Å². The van der Waals surface area contributed by atoms with Crippen molar-refractivity contribution in [1.82, 2.24) is 9.97 Å². The highest BCUT2D eigenvalue weighted by Crippen LogP contribution is 2.22. The van der Waals surface area contributed by atoms with Crippen LogP contribution in [-0.4, -0.2) is 40.5 Å². The topological polar surface area (TPSA) is 72.3 Å². The molecule has 1 heterocycles. The molecule has 0 aromatic carbocycles. The van der Waals surface area contributed by atoms with Crippen LogP contribution < -0.4 is 0 Å². The third-order valence-corrected chi connectivity index (χ3v) is 2.85. The van der Waals surface area contributed by atoms with Crippen molar-refractivity contribution < 1.29 is 14.6 Å². The average Bonchev–Trinajstić information content (AvgIpc) is 2.16. The first-order valence-corrected chi connectivity index (χ1v) is 5.75. The molecule has 0 aliphatic carbocycles. The molecule has 0 unspecified atom stereocenters. The van der Waals surface area contributed by atoms with Gasteiger partial charge in [0, 0.05) is 12.9 Å². The zero-order chi connectivity index (χ0) is 12.1. The van der Waals surface area contributed by atoms with E-state index in [4.69, 9.17) is 9.84 Å². The van der Waals surface area contributed by atoms with Gasteiger partial charge in [-0.25, -0.2) is 14.8 Å². The summed E-state index contributed by atoms with van der Waals surface area (Å²) < 4.78 is 4.91. The third-order valence-electron chi connectivity index (χ3n) is 1.91. The normalized spacial score (nSPS) is 10.4. The summed E-state index contributed by atoms with van der Waals surface area (Å²) in [5.41, 5.74) is 0.687. The molecule has 0 radical (unpaired) electrons. The van der Waals surface area contributed by atoms with Gasteiger partial charge in [-0.3, -0.25) is 0 Å². The smallest absolute Gasteiger partial charge is 0.340 e. The van der Waals surface area contributed by atoms with Gasteiger partial charge >= 0.3 is 5.97 Å². The summed E-state index contributed by atoms with van der Waals surface area (Å²) in [6.07, 6.45) is 0. The van der Waals surface area contributed by atoms with Crippen LogP contribution >= 0.6 is 11.8 Å². The summed E-state index contributed by atoms with van der Waals surface area (Å²) >= 11 is 1.37. The van der Waals surface area contributed by atoms with Gasteiger partial charge in [0.1, 0.15) is 16.4 Å². The first-order chi connectivity index (χ1) is 7.56. The molecule has 0 bridgehead atoms. The van der Waals surface area contributed by atoms with E-state index in [1.807, 2.05) is 0 Å². The maximum Gasteiger partial charge on any atom is 0.340 e. The Hall–Kier alpha value is -1.14. The van der Waals surface area contributed by atoms with Gasteiger partial charge in [-0.2, -0.15) is 0 Å². The fraction of sp³-hybridized carbons (Fsp3) is 0.500. The summed E-state index contributed by atoms with van der Waals surface area (Å²) in [4.78, 5) is 19.3. The number of thioether (sulfide) groups is 1. The molecule has 0 aliphatic heterocycles. The molecule has 88 valence electrons. The number of rotatable bonds is 5. The highest BCUT2D eigenvalue weighted by Gasteiger charge is 2.16. The molecule has 0 spiro atoms. The molecule has 16 heavy (non-hydrogen) atoms. The van der Waals surface area contributed by atoms with Gasteiger partial charge in [-0.15, -0.1) is 11.8 Å². The number of carboxylic acid groups (broad SMARTS) is 1. The van der Waals surface area contributed by atoms with Gasteiger partial charge in [0.05, 0.1) is 12.3 Å². The standard InChI is InChI=1S/C10H14N2O3S/c1-6-8(10(13)14)9(12-7(2)11-6)16-5-4-15-3/h4-5H2,1-3H3,(H,13,14). The van der Waals surface area contributed by atoms with Gasteiger partial charge in [-0.05, 0) is 13.8 Å². The highest BCUT2D eigenvalue weighted by molar-refractivity contribution is 7.99. The number of aromatic nitrogens is 2. The van der Waals surface area contributed by atoms with Crippen molar-refractivity contribution in [3.8, 4) is 0 Å². The molecule has 5 nitrogen and oxygen atoms in total. The molecule has 1 aromatic heterocycles. The Morgan fingerprint density at radius 1 is 1.44 bits per heavy atom. The first kappa shape index (κ1) is 12.9. The molecule has 0 saturated heterocycles. The highest BCUT2D eigenvalue weighted by atomic mass is 32.2. The second kappa shape index (κ2) is 5.81. The van der Waals surface area contributed by atoms with Crippen molar-refractivity contribution in [1.29, 1.82) is 0 Å². The van der Waals surface area contributed by atoms with E-state index in [-0.39, 0.29) is 5.56 Å². The molecular formula is C10H14N2O3S. The van der Waals surface area contributed by atoms with Crippen LogP contribution in [0.3, 0.4) is 0 Å². The van der Waals surface area contributed by atoms with E-state index >= 15 is 0 Å². The number of hydrogen-bond donors (Lipinski definition) is 1. The van der Waals surface area contributed by atoms with E-state index in [2.05, 4.69) is 9.97 Å². The van der Waals surface area contributed by atoms with Gasteiger partial charge in [0.25, 0.3) is 0 Å². The Bertz CT molecular complexity index is 396. The van der Waals surface area contributed by atoms with Crippen molar-refractivity contribution >= 4 is 17.7 Å². The van der Waals surface area contributed by atoms with Gasteiger partial charge in [0.15, 0.2) is 0 Å². The number of carbonyl (C=O) groups is 1. The first-order valence-electron chi connectivity index (χ1n) is 4.76. The maximum absolute atomic E-state index is 11.1. The van der Waals surface area contributed by atoms with Crippen molar-refractivity contribution in [3.63, 3.8) is 0 Å². The molecule has 0 saturated carbocycles. The second-order valence-corrected chi connectivity index (χ2v) is 4.27. The molecule has 6 heteroatoms. The van der Waals surface area contributed by atoms with Crippen LogP contribution in [0.4, 0.5) is 0 Å². The summed E-state index contributed by atoms with van der Waals surface area (Å²) in [5, 5.41) is 9.58. The fourth-order valence-electron chi connectivity index (χ4n) is 1.25. The molecule has 0 atom stereocenters. The molecular weight excluding hydrogens is 228 g/mol. The number of methoxy groups -OCH3 is 1. The zero-order valence-corrected chi connectivity index (χ0v) is 10.3. The average molecular weight is 242 g/mol. The molecule has 0 aliphatic rings. The Balaban J connectivity index is 2.99. The predicted molar refractivity (Wildman–Crippen MR) is 61.1 cm³/mol. The molecule has 1 N–H and O–H groups in total. The molecule has 0 fully saturated rings. The number of aromatic carboxylic acids is 1. The molecule has 0 amide bonds. The zero-order valence-electron chi connectivity index (χ0n) is 9.48. The SMILES string of the molecule is COCCSc1nc(C)nc(C)c1C(=O)O. The van der Waals surface area contributed by atoms with Crippen LogP contribution in [0.1, 0.15) is 21.9 Å². The van der Waals surface area contributed by atoms with E-state index in [0.717, 1.165) is 0 Å². The largest absolute Gasteiger partial charge is 0.478 e. The minimum absolute atomic E-state index is 0.187. The lowest BCUT2D eigenvalue weighted by Gasteiger charge is -2.07. The number of nitrogens with zero attached hydrogens (tertiary/aromatic N) is 2. The molecule has 1 aromatic rings. The third kappa shape index (κ3) is 3.18. The van der Waals surface area contributed by atoms with Crippen LogP contribution in [0.15, 0.2) is 5.03 Å². The Kier molecular flexibility index (Phi) is 4.70. The minimum Gasteiger partial charge on any atom is -0.478 e. The Morgan fingerprint density at radius 2 is 2.12 bits per heavy atom. The Labute approximate surface area is 98.3 Å². The monoisotopic (exact) mass is 242 g/mol. The van der Waals surface area contributed by atoms with Gasteiger partial charge < -0.3 is 9.84 Å². The van der Waals surface area contributed by atoms with E-state index in [0.29, 0.717) is 28.9 Å². The summed E-state index contributed by atoms with van der Waals surface area (Å²) in [6.45, 7) is 3.99. The maximum atomic E-state index is 11.1. The molecule has 1 rings (SSSR count). The van der Waals surface area contributed by atoms with Gasteiger partial charge in [-0.1, -0.05) is 0 Å². The predicted octanol–water partition coefficient (Wildman–Crippen LogP) is 1.53. The number of aryl methyl sites for hydroxylation is 2. The number of hydrogen-bond acceptors (Lipinski definition) is 5. The Morgan fingerprint density at radius 3 is 2.69 bits per heavy atom. The summed E-state index contributed by atoms with van der Waals surface area (Å²) in [6, 6.07) is 0. The minimum atomic E-state index is -0.989. The lowest BCUT2D eigenvalue weighted by Crippen LogP contribution is -2.08. The summed E-state index contributed by atoms with van der Waals surface area (Å²) in [7, 11) is 1.61. The van der Waals surface area contributed by atoms with Gasteiger partial charge in [0.2, 0.25) is 0 Å². The lowest BCUT2D eigenvalue weighted by atomic mass is 10.2. The second-order valence-electron chi connectivity index (χ2n) is 3.18. The number of ether oxygens (including phenoxy) is 1. The van der Waals surface area contributed by atoms with Crippen molar-refractivity contribution in [2.45, 2.75) is 18.9 Å². The van der Waals surface area contributed by atoms with E-state index in [1.54, 1.807) is 21.0 Å². The van der Waals surface area contributed by atoms with Crippen LogP contribution in [0.25, 0.3) is 0 Å².